The molecule has 0 spiro atoms. The van der Waals surface area contributed by atoms with E-state index in [1.807, 2.05) is 0 Å². The fraction of sp³-hybridized carbons (Fsp3) is 0.429. The third-order valence-corrected chi connectivity index (χ3v) is 3.39. The zero-order valence-corrected chi connectivity index (χ0v) is 11.2. The van der Waals surface area contributed by atoms with E-state index >= 15 is 0 Å². The molecule has 1 aliphatic rings. The average Bonchev–Trinajstić information content (AvgIpc) is 2.93. The number of halogens is 1. The number of carboxylic acid groups (broad SMARTS) is 1. The van der Waals surface area contributed by atoms with Crippen LogP contribution in [0, 0.1) is 5.82 Å². The number of amides is 1. The molecule has 1 heterocycles. The number of rotatable bonds is 4. The van der Waals surface area contributed by atoms with Gasteiger partial charge in [0.15, 0.2) is 0 Å². The summed E-state index contributed by atoms with van der Waals surface area (Å²) in [5.41, 5.74) is -0.314. The van der Waals surface area contributed by atoms with Crippen LogP contribution in [0.15, 0.2) is 18.2 Å². The van der Waals surface area contributed by atoms with Gasteiger partial charge in [0.25, 0.3) is 0 Å². The van der Waals surface area contributed by atoms with E-state index in [2.05, 4.69) is 5.32 Å². The number of carbonyl (C=O) groups excluding carboxylic acids is 1. The van der Waals surface area contributed by atoms with Gasteiger partial charge in [-0.15, -0.1) is 0 Å². The van der Waals surface area contributed by atoms with Gasteiger partial charge in [-0.3, -0.25) is 4.79 Å². The van der Waals surface area contributed by atoms with Crippen molar-refractivity contribution in [2.45, 2.75) is 25.8 Å². The van der Waals surface area contributed by atoms with E-state index in [1.165, 1.54) is 18.2 Å². The first-order valence-electron chi connectivity index (χ1n) is 6.58. The van der Waals surface area contributed by atoms with Crippen LogP contribution in [0.4, 0.5) is 10.1 Å². The molecule has 0 radical (unpaired) electrons. The number of nitrogens with one attached hydrogen (secondary N) is 1. The second kappa shape index (κ2) is 5.90. The molecule has 0 saturated carbocycles. The second-order valence-corrected chi connectivity index (χ2v) is 4.87. The van der Waals surface area contributed by atoms with Gasteiger partial charge < -0.3 is 15.3 Å². The topological polar surface area (TPSA) is 69.6 Å². The van der Waals surface area contributed by atoms with E-state index in [0.29, 0.717) is 13.1 Å². The Bertz CT molecular complexity index is 527. The van der Waals surface area contributed by atoms with Crippen molar-refractivity contribution in [3.63, 3.8) is 0 Å². The van der Waals surface area contributed by atoms with Crippen LogP contribution in [-0.4, -0.2) is 41.0 Å². The summed E-state index contributed by atoms with van der Waals surface area (Å²) in [7, 11) is 0. The summed E-state index contributed by atoms with van der Waals surface area (Å²) in [6, 6.07) is 3.14. The lowest BCUT2D eigenvalue weighted by Gasteiger charge is -2.22. The Morgan fingerprint density at radius 3 is 2.60 bits per heavy atom. The molecule has 6 heteroatoms. The van der Waals surface area contributed by atoms with E-state index in [0.717, 1.165) is 12.8 Å². The summed E-state index contributed by atoms with van der Waals surface area (Å²) in [5, 5.41) is 11.7. The highest BCUT2D eigenvalue weighted by Crippen LogP contribution is 2.21. The third-order valence-electron chi connectivity index (χ3n) is 3.39. The lowest BCUT2D eigenvalue weighted by molar-refractivity contribution is -0.130. The molecule has 0 aromatic heterocycles. The van der Waals surface area contributed by atoms with Gasteiger partial charge in [0, 0.05) is 13.1 Å². The number of carboxylic acids is 1. The minimum Gasteiger partial charge on any atom is -0.478 e. The van der Waals surface area contributed by atoms with Crippen LogP contribution in [0.25, 0.3) is 0 Å². The predicted molar refractivity (Wildman–Crippen MR) is 72.3 cm³/mol. The van der Waals surface area contributed by atoms with Gasteiger partial charge in [0.1, 0.15) is 11.9 Å². The molecule has 108 valence electrons. The molecule has 0 aliphatic carbocycles. The van der Waals surface area contributed by atoms with Gasteiger partial charge in [-0.1, -0.05) is 6.07 Å². The fourth-order valence-corrected chi connectivity index (χ4v) is 2.34. The lowest BCUT2D eigenvalue weighted by Crippen LogP contribution is -2.40. The molecule has 1 fully saturated rings. The number of para-hydroxylation sites is 1. The maximum Gasteiger partial charge on any atom is 0.337 e. The molecule has 20 heavy (non-hydrogen) atoms. The molecule has 1 aromatic carbocycles. The van der Waals surface area contributed by atoms with Crippen molar-refractivity contribution in [3.05, 3.63) is 29.6 Å². The average molecular weight is 280 g/mol. The molecule has 0 bridgehead atoms. The minimum absolute atomic E-state index is 0.137. The van der Waals surface area contributed by atoms with Crippen molar-refractivity contribution >= 4 is 17.6 Å². The Kier molecular flexibility index (Phi) is 4.22. The Morgan fingerprint density at radius 2 is 2.00 bits per heavy atom. The first-order valence-corrected chi connectivity index (χ1v) is 6.58. The summed E-state index contributed by atoms with van der Waals surface area (Å²) >= 11 is 0. The standard InChI is InChI=1S/C14H17FN2O3/c1-9(13(18)17-7-2-3-8-17)16-12-10(14(19)20)5-4-6-11(12)15/h4-6,9,16H,2-3,7-8H2,1H3,(H,19,20). The minimum atomic E-state index is -1.23. The van der Waals surface area contributed by atoms with Crippen molar-refractivity contribution < 1.29 is 19.1 Å². The van der Waals surface area contributed by atoms with Crippen LogP contribution in [-0.2, 0) is 4.79 Å². The Balaban J connectivity index is 2.16. The summed E-state index contributed by atoms with van der Waals surface area (Å²) in [6.07, 6.45) is 1.94. The van der Waals surface area contributed by atoms with Gasteiger partial charge in [0.2, 0.25) is 5.91 Å². The molecular formula is C14H17FN2O3. The van der Waals surface area contributed by atoms with Crippen molar-refractivity contribution in [3.8, 4) is 0 Å². The largest absolute Gasteiger partial charge is 0.478 e. The molecule has 1 aromatic rings. The molecular weight excluding hydrogens is 263 g/mol. The van der Waals surface area contributed by atoms with Crippen LogP contribution < -0.4 is 5.32 Å². The van der Waals surface area contributed by atoms with Crippen LogP contribution in [0.1, 0.15) is 30.1 Å². The number of hydrogen-bond donors (Lipinski definition) is 2. The summed E-state index contributed by atoms with van der Waals surface area (Å²) in [6.45, 7) is 3.01. The number of aromatic carboxylic acids is 1. The smallest absolute Gasteiger partial charge is 0.337 e. The van der Waals surface area contributed by atoms with Gasteiger partial charge in [-0.2, -0.15) is 0 Å². The number of anilines is 1. The van der Waals surface area contributed by atoms with Crippen LogP contribution in [0.5, 0.6) is 0 Å². The number of hydrogen-bond acceptors (Lipinski definition) is 3. The maximum atomic E-state index is 13.8. The summed E-state index contributed by atoms with van der Waals surface area (Å²) in [4.78, 5) is 24.9. The molecule has 1 aliphatic heterocycles. The number of nitrogens with zero attached hydrogens (tertiary/aromatic N) is 1. The van der Waals surface area contributed by atoms with Gasteiger partial charge in [0.05, 0.1) is 11.3 Å². The fourth-order valence-electron chi connectivity index (χ4n) is 2.34. The lowest BCUT2D eigenvalue weighted by atomic mass is 10.1. The van der Waals surface area contributed by atoms with Crippen molar-refractivity contribution in [2.24, 2.45) is 0 Å². The molecule has 1 atom stereocenters. The number of benzene rings is 1. The van der Waals surface area contributed by atoms with E-state index in [-0.39, 0.29) is 17.2 Å². The van der Waals surface area contributed by atoms with E-state index in [1.54, 1.807) is 11.8 Å². The Labute approximate surface area is 116 Å². The highest BCUT2D eigenvalue weighted by atomic mass is 19.1. The zero-order chi connectivity index (χ0) is 14.7. The van der Waals surface area contributed by atoms with Gasteiger partial charge in [-0.25, -0.2) is 9.18 Å². The van der Waals surface area contributed by atoms with Crippen molar-refractivity contribution in [1.29, 1.82) is 0 Å². The SMILES string of the molecule is CC(Nc1c(F)cccc1C(=O)O)C(=O)N1CCCC1. The van der Waals surface area contributed by atoms with E-state index in [4.69, 9.17) is 5.11 Å². The monoisotopic (exact) mass is 280 g/mol. The summed E-state index contributed by atoms with van der Waals surface area (Å²) in [5.74, 6) is -2.04. The molecule has 1 amide bonds. The van der Waals surface area contributed by atoms with E-state index < -0.39 is 17.8 Å². The first-order chi connectivity index (χ1) is 9.50. The summed E-state index contributed by atoms with van der Waals surface area (Å²) < 4.78 is 13.8. The zero-order valence-electron chi connectivity index (χ0n) is 11.2. The predicted octanol–water partition coefficient (Wildman–Crippen LogP) is 1.95. The first kappa shape index (κ1) is 14.3. The Hall–Kier alpha value is -2.11. The second-order valence-electron chi connectivity index (χ2n) is 4.87. The maximum absolute atomic E-state index is 13.8. The molecule has 2 rings (SSSR count). The third kappa shape index (κ3) is 2.89. The molecule has 1 saturated heterocycles. The van der Waals surface area contributed by atoms with Crippen LogP contribution in [0.3, 0.4) is 0 Å². The molecule has 5 nitrogen and oxygen atoms in total. The quantitative estimate of drug-likeness (QED) is 0.884. The van der Waals surface area contributed by atoms with Crippen molar-refractivity contribution in [2.75, 3.05) is 18.4 Å². The highest BCUT2D eigenvalue weighted by Gasteiger charge is 2.25. The number of carbonyl (C=O) groups is 2. The molecule has 2 N–H and O–H groups in total. The highest BCUT2D eigenvalue weighted by molar-refractivity contribution is 5.95. The van der Waals surface area contributed by atoms with Crippen molar-refractivity contribution in [1.82, 2.24) is 4.90 Å². The van der Waals surface area contributed by atoms with Crippen LogP contribution in [0.2, 0.25) is 0 Å². The molecule has 1 unspecified atom stereocenters. The number of likely N-dealkylation sites (tertiary alicyclic amines) is 1. The van der Waals surface area contributed by atoms with Gasteiger partial charge >= 0.3 is 5.97 Å². The Morgan fingerprint density at radius 1 is 1.35 bits per heavy atom. The van der Waals surface area contributed by atoms with Gasteiger partial charge in [-0.05, 0) is 31.9 Å². The normalized spacial score (nSPS) is 16.0. The van der Waals surface area contributed by atoms with E-state index in [9.17, 15) is 14.0 Å². The van der Waals surface area contributed by atoms with Crippen LogP contribution >= 0.6 is 0 Å².